The highest BCUT2D eigenvalue weighted by atomic mass is 15.2. The molecule has 0 bridgehead atoms. The van der Waals surface area contributed by atoms with Crippen LogP contribution in [0.25, 0.3) is 0 Å². The normalized spacial score (nSPS) is 41.5. The van der Waals surface area contributed by atoms with E-state index in [0.717, 1.165) is 18.0 Å². The summed E-state index contributed by atoms with van der Waals surface area (Å²) >= 11 is 0. The summed E-state index contributed by atoms with van der Waals surface area (Å²) in [6.07, 6.45) is 5.59. The van der Waals surface area contributed by atoms with Gasteiger partial charge in [0.1, 0.15) is 0 Å². The summed E-state index contributed by atoms with van der Waals surface area (Å²) in [5, 5.41) is 3.80. The highest BCUT2D eigenvalue weighted by Crippen LogP contribution is 2.25. The molecule has 2 nitrogen and oxygen atoms in total. The lowest BCUT2D eigenvalue weighted by molar-refractivity contribution is 0.378. The second-order valence-electron chi connectivity index (χ2n) is 5.03. The average molecular weight is 182 g/mol. The fourth-order valence-corrected chi connectivity index (χ4v) is 2.76. The number of likely N-dealkylation sites (tertiary alicyclic amines) is 1. The van der Waals surface area contributed by atoms with Crippen LogP contribution in [0.4, 0.5) is 0 Å². The summed E-state index contributed by atoms with van der Waals surface area (Å²) in [7, 11) is 2.22. The van der Waals surface area contributed by atoms with Crippen LogP contribution in [0.1, 0.15) is 32.6 Å². The Balaban J connectivity index is 1.72. The van der Waals surface area contributed by atoms with E-state index in [1.807, 2.05) is 0 Å². The maximum Gasteiger partial charge on any atom is 0.0209 e. The van der Waals surface area contributed by atoms with Crippen molar-refractivity contribution in [3.63, 3.8) is 0 Å². The Morgan fingerprint density at radius 3 is 2.54 bits per heavy atom. The van der Waals surface area contributed by atoms with Crippen LogP contribution in [0.3, 0.4) is 0 Å². The molecule has 0 aromatic heterocycles. The van der Waals surface area contributed by atoms with Crippen molar-refractivity contribution in [1.82, 2.24) is 10.2 Å². The Labute approximate surface area is 81.7 Å². The predicted molar refractivity (Wildman–Crippen MR) is 55.8 cm³/mol. The SMILES string of the molecule is C[C@@H]1CC[C@H](N[C@@H]2CCN(C)C2)C1. The van der Waals surface area contributed by atoms with Crippen molar-refractivity contribution in [2.45, 2.75) is 44.7 Å². The molecule has 1 aliphatic carbocycles. The van der Waals surface area contributed by atoms with Crippen molar-refractivity contribution in [3.8, 4) is 0 Å². The Bertz CT molecular complexity index is 151. The second-order valence-corrected chi connectivity index (χ2v) is 5.03. The average Bonchev–Trinajstić information content (AvgIpc) is 2.62. The molecular weight excluding hydrogens is 160 g/mol. The monoisotopic (exact) mass is 182 g/mol. The molecule has 3 atom stereocenters. The summed E-state index contributed by atoms with van der Waals surface area (Å²) < 4.78 is 0. The van der Waals surface area contributed by atoms with E-state index in [-0.39, 0.29) is 0 Å². The zero-order valence-electron chi connectivity index (χ0n) is 8.92. The summed E-state index contributed by atoms with van der Waals surface area (Å²) in [5.41, 5.74) is 0. The van der Waals surface area contributed by atoms with E-state index in [0.29, 0.717) is 0 Å². The summed E-state index contributed by atoms with van der Waals surface area (Å²) in [6, 6.07) is 1.60. The van der Waals surface area contributed by atoms with Crippen molar-refractivity contribution in [3.05, 3.63) is 0 Å². The molecule has 2 rings (SSSR count). The quantitative estimate of drug-likeness (QED) is 0.695. The van der Waals surface area contributed by atoms with Gasteiger partial charge in [0.15, 0.2) is 0 Å². The first-order valence-corrected chi connectivity index (χ1v) is 5.68. The summed E-state index contributed by atoms with van der Waals surface area (Å²) in [5.74, 6) is 0.955. The van der Waals surface area contributed by atoms with Gasteiger partial charge in [0, 0.05) is 18.6 Å². The van der Waals surface area contributed by atoms with Crippen molar-refractivity contribution in [2.24, 2.45) is 5.92 Å². The third-order valence-electron chi connectivity index (χ3n) is 3.56. The van der Waals surface area contributed by atoms with Crippen LogP contribution in [0.2, 0.25) is 0 Å². The van der Waals surface area contributed by atoms with Crippen LogP contribution in [-0.2, 0) is 0 Å². The fraction of sp³-hybridized carbons (Fsp3) is 1.00. The molecule has 1 saturated carbocycles. The third kappa shape index (κ3) is 2.44. The maximum absolute atomic E-state index is 3.80. The topological polar surface area (TPSA) is 15.3 Å². The Kier molecular flexibility index (Phi) is 2.89. The Morgan fingerprint density at radius 1 is 1.15 bits per heavy atom. The summed E-state index contributed by atoms with van der Waals surface area (Å²) in [6.45, 7) is 4.91. The van der Waals surface area contributed by atoms with Crippen LogP contribution in [-0.4, -0.2) is 37.1 Å². The van der Waals surface area contributed by atoms with Gasteiger partial charge in [-0.3, -0.25) is 0 Å². The molecule has 2 aliphatic rings. The van der Waals surface area contributed by atoms with E-state index < -0.39 is 0 Å². The van der Waals surface area contributed by atoms with Crippen LogP contribution in [0, 0.1) is 5.92 Å². The molecule has 2 fully saturated rings. The van der Waals surface area contributed by atoms with Gasteiger partial charge in [-0.05, 0) is 45.2 Å². The number of hydrogen-bond donors (Lipinski definition) is 1. The first kappa shape index (κ1) is 9.47. The number of likely N-dealkylation sites (N-methyl/N-ethyl adjacent to an activating group) is 1. The molecule has 0 radical (unpaired) electrons. The van der Waals surface area contributed by atoms with Crippen LogP contribution in [0.5, 0.6) is 0 Å². The lowest BCUT2D eigenvalue weighted by atomic mass is 10.1. The van der Waals surface area contributed by atoms with Gasteiger partial charge in [-0.25, -0.2) is 0 Å². The minimum absolute atomic E-state index is 0.778. The van der Waals surface area contributed by atoms with E-state index in [1.54, 1.807) is 0 Å². The zero-order chi connectivity index (χ0) is 9.26. The third-order valence-corrected chi connectivity index (χ3v) is 3.56. The van der Waals surface area contributed by atoms with Gasteiger partial charge in [0.05, 0.1) is 0 Å². The molecule has 1 N–H and O–H groups in total. The van der Waals surface area contributed by atoms with Crippen LogP contribution >= 0.6 is 0 Å². The zero-order valence-corrected chi connectivity index (χ0v) is 8.92. The minimum atomic E-state index is 0.778. The molecule has 1 heterocycles. The van der Waals surface area contributed by atoms with Crippen molar-refractivity contribution in [1.29, 1.82) is 0 Å². The van der Waals surface area contributed by atoms with Gasteiger partial charge in [0.25, 0.3) is 0 Å². The molecule has 2 heteroatoms. The Hall–Kier alpha value is -0.0800. The van der Waals surface area contributed by atoms with Gasteiger partial charge in [-0.15, -0.1) is 0 Å². The fourth-order valence-electron chi connectivity index (χ4n) is 2.76. The first-order valence-electron chi connectivity index (χ1n) is 5.68. The van der Waals surface area contributed by atoms with Crippen LogP contribution in [0.15, 0.2) is 0 Å². The summed E-state index contributed by atoms with van der Waals surface area (Å²) in [4.78, 5) is 2.43. The molecular formula is C11H22N2. The molecule has 1 saturated heterocycles. The Morgan fingerprint density at radius 2 is 2.00 bits per heavy atom. The number of nitrogens with one attached hydrogen (secondary N) is 1. The smallest absolute Gasteiger partial charge is 0.0209 e. The van der Waals surface area contributed by atoms with Gasteiger partial charge in [0.2, 0.25) is 0 Å². The van der Waals surface area contributed by atoms with Crippen LogP contribution < -0.4 is 5.32 Å². The predicted octanol–water partition coefficient (Wildman–Crippen LogP) is 1.47. The molecule has 0 aromatic rings. The van der Waals surface area contributed by atoms with Gasteiger partial charge >= 0.3 is 0 Å². The van der Waals surface area contributed by atoms with Crippen molar-refractivity contribution in [2.75, 3.05) is 20.1 Å². The molecule has 0 spiro atoms. The largest absolute Gasteiger partial charge is 0.310 e. The van der Waals surface area contributed by atoms with Crippen molar-refractivity contribution >= 4 is 0 Å². The van der Waals surface area contributed by atoms with E-state index in [4.69, 9.17) is 0 Å². The standard InChI is InChI=1S/C11H22N2/c1-9-3-4-10(7-9)12-11-5-6-13(2)8-11/h9-12H,3-8H2,1-2H3/t9-,10+,11-/m1/s1. The lowest BCUT2D eigenvalue weighted by Crippen LogP contribution is -2.38. The number of nitrogens with zero attached hydrogens (tertiary/aromatic N) is 1. The van der Waals surface area contributed by atoms with E-state index in [2.05, 4.69) is 24.2 Å². The van der Waals surface area contributed by atoms with E-state index in [1.165, 1.54) is 38.8 Å². The maximum atomic E-state index is 3.80. The lowest BCUT2D eigenvalue weighted by Gasteiger charge is -2.18. The molecule has 0 amide bonds. The first-order chi connectivity index (χ1) is 6.24. The highest BCUT2D eigenvalue weighted by Gasteiger charge is 2.26. The van der Waals surface area contributed by atoms with Gasteiger partial charge in [-0.2, -0.15) is 0 Å². The number of hydrogen-bond acceptors (Lipinski definition) is 2. The van der Waals surface area contributed by atoms with Gasteiger partial charge in [-0.1, -0.05) is 6.92 Å². The van der Waals surface area contributed by atoms with Crippen molar-refractivity contribution < 1.29 is 0 Å². The van der Waals surface area contributed by atoms with E-state index in [9.17, 15) is 0 Å². The highest BCUT2D eigenvalue weighted by molar-refractivity contribution is 4.86. The number of rotatable bonds is 2. The van der Waals surface area contributed by atoms with Gasteiger partial charge < -0.3 is 10.2 Å². The second kappa shape index (κ2) is 3.97. The molecule has 76 valence electrons. The van der Waals surface area contributed by atoms with E-state index >= 15 is 0 Å². The molecule has 0 aromatic carbocycles. The molecule has 13 heavy (non-hydrogen) atoms. The minimum Gasteiger partial charge on any atom is -0.310 e. The molecule has 0 unspecified atom stereocenters. The molecule has 1 aliphatic heterocycles.